The third-order valence-corrected chi connectivity index (χ3v) is 4.42. The van der Waals surface area contributed by atoms with Crippen LogP contribution in [0.25, 0.3) is 0 Å². The number of hydrogen-bond donors (Lipinski definition) is 0. The van der Waals surface area contributed by atoms with Gasteiger partial charge in [-0.2, -0.15) is 0 Å². The van der Waals surface area contributed by atoms with Gasteiger partial charge in [0.2, 0.25) is 5.91 Å². The number of cyclic esters (lactones) is 1. The van der Waals surface area contributed by atoms with Crippen LogP contribution in [0.1, 0.15) is 51.5 Å². The maximum Gasteiger partial charge on any atom is 0.416 e. The molecule has 0 aromatic heterocycles. The summed E-state index contributed by atoms with van der Waals surface area (Å²) in [6, 6.07) is 9.74. The topological polar surface area (TPSA) is 46.6 Å². The van der Waals surface area contributed by atoms with E-state index in [1.165, 1.54) is 17.7 Å². The number of ether oxygens (including phenoxy) is 1. The number of unbranched alkanes of at least 4 members (excludes halogenated alkanes) is 3. The molecule has 23 heavy (non-hydrogen) atoms. The summed E-state index contributed by atoms with van der Waals surface area (Å²) in [4.78, 5) is 26.0. The maximum atomic E-state index is 12.6. The lowest BCUT2D eigenvalue weighted by Gasteiger charge is -2.23. The van der Waals surface area contributed by atoms with Crippen LogP contribution in [0.2, 0.25) is 0 Å². The number of carbonyl (C=O) groups excluding carboxylic acids is 2. The Hall–Kier alpha value is -1.84. The maximum absolute atomic E-state index is 12.6. The molecule has 1 aliphatic rings. The molecule has 0 spiro atoms. The smallest absolute Gasteiger partial charge is 0.416 e. The molecule has 2 atom stereocenters. The van der Waals surface area contributed by atoms with E-state index in [-0.39, 0.29) is 17.9 Å². The molecular weight excluding hydrogens is 290 g/mol. The molecule has 0 bridgehead atoms. The van der Waals surface area contributed by atoms with Crippen molar-refractivity contribution in [2.45, 2.75) is 58.4 Å². The molecule has 1 aromatic rings. The van der Waals surface area contributed by atoms with Crippen LogP contribution in [0.4, 0.5) is 4.79 Å². The van der Waals surface area contributed by atoms with Crippen LogP contribution in [-0.4, -0.2) is 29.5 Å². The van der Waals surface area contributed by atoms with Crippen molar-refractivity contribution in [3.05, 3.63) is 35.9 Å². The molecule has 1 fully saturated rings. The zero-order valence-electron chi connectivity index (χ0n) is 14.2. The van der Waals surface area contributed by atoms with Gasteiger partial charge in [-0.25, -0.2) is 9.69 Å². The summed E-state index contributed by atoms with van der Waals surface area (Å²) in [7, 11) is 0. The van der Waals surface area contributed by atoms with Gasteiger partial charge < -0.3 is 4.74 Å². The summed E-state index contributed by atoms with van der Waals surface area (Å²) in [5, 5.41) is 0. The van der Waals surface area contributed by atoms with Gasteiger partial charge in [0.15, 0.2) is 0 Å². The summed E-state index contributed by atoms with van der Waals surface area (Å²) in [6.45, 7) is 4.38. The lowest BCUT2D eigenvalue weighted by Crippen LogP contribution is -2.43. The van der Waals surface area contributed by atoms with Crippen molar-refractivity contribution < 1.29 is 14.3 Å². The molecule has 1 aliphatic heterocycles. The molecule has 4 nitrogen and oxygen atoms in total. The monoisotopic (exact) mass is 317 g/mol. The largest absolute Gasteiger partial charge is 0.447 e. The molecule has 1 aromatic carbocycles. The van der Waals surface area contributed by atoms with Gasteiger partial charge >= 0.3 is 6.09 Å². The van der Waals surface area contributed by atoms with Crippen LogP contribution in [0, 0.1) is 5.92 Å². The first-order valence-corrected chi connectivity index (χ1v) is 8.67. The number of imide groups is 1. The van der Waals surface area contributed by atoms with E-state index < -0.39 is 6.09 Å². The summed E-state index contributed by atoms with van der Waals surface area (Å²) < 4.78 is 5.13. The predicted octanol–water partition coefficient (Wildman–Crippen LogP) is 4.18. The standard InChI is InChI=1S/C19H27NO3/c1-3-4-5-7-10-15(2)18(21)20-17(14-23-19(20)22)13-16-11-8-6-9-12-16/h6,8-9,11-12,15,17H,3-5,7,10,13-14H2,1-2H3/t15-,17-/m0/s1. The number of amides is 2. The lowest BCUT2D eigenvalue weighted by molar-refractivity contribution is -0.133. The molecular formula is C19H27NO3. The summed E-state index contributed by atoms with van der Waals surface area (Å²) >= 11 is 0. The normalized spacial score (nSPS) is 18.8. The summed E-state index contributed by atoms with van der Waals surface area (Å²) in [5.41, 5.74) is 1.11. The fourth-order valence-corrected chi connectivity index (χ4v) is 3.01. The van der Waals surface area contributed by atoms with Gasteiger partial charge in [0.1, 0.15) is 6.61 Å². The Labute approximate surface area is 138 Å². The van der Waals surface area contributed by atoms with Crippen LogP contribution in [0.5, 0.6) is 0 Å². The van der Waals surface area contributed by atoms with E-state index in [0.29, 0.717) is 13.0 Å². The van der Waals surface area contributed by atoms with Gasteiger partial charge in [-0.3, -0.25) is 4.79 Å². The Kier molecular flexibility index (Phi) is 6.63. The highest BCUT2D eigenvalue weighted by Gasteiger charge is 2.39. The van der Waals surface area contributed by atoms with Crippen molar-refractivity contribution in [2.75, 3.05) is 6.61 Å². The van der Waals surface area contributed by atoms with Crippen LogP contribution in [0.3, 0.4) is 0 Å². The first-order chi connectivity index (χ1) is 11.1. The van der Waals surface area contributed by atoms with Gasteiger partial charge in [-0.15, -0.1) is 0 Å². The number of benzene rings is 1. The van der Waals surface area contributed by atoms with Gasteiger partial charge in [0, 0.05) is 5.92 Å². The minimum atomic E-state index is -0.490. The average molecular weight is 317 g/mol. The number of nitrogens with zero attached hydrogens (tertiary/aromatic N) is 1. The van der Waals surface area contributed by atoms with Crippen molar-refractivity contribution in [1.29, 1.82) is 0 Å². The minimum absolute atomic E-state index is 0.0927. The minimum Gasteiger partial charge on any atom is -0.447 e. The second-order valence-electron chi connectivity index (χ2n) is 6.38. The zero-order chi connectivity index (χ0) is 16.7. The first-order valence-electron chi connectivity index (χ1n) is 8.67. The summed E-state index contributed by atoms with van der Waals surface area (Å²) in [6.07, 6.45) is 5.56. The number of rotatable bonds is 8. The van der Waals surface area contributed by atoms with Crippen molar-refractivity contribution in [3.8, 4) is 0 Å². The molecule has 0 aliphatic carbocycles. The quantitative estimate of drug-likeness (QED) is 0.676. The van der Waals surface area contributed by atoms with E-state index in [4.69, 9.17) is 4.74 Å². The molecule has 126 valence electrons. The van der Waals surface area contributed by atoms with E-state index in [2.05, 4.69) is 6.92 Å². The van der Waals surface area contributed by atoms with Crippen LogP contribution in [-0.2, 0) is 16.0 Å². The Morgan fingerprint density at radius 3 is 2.70 bits per heavy atom. The fraction of sp³-hybridized carbons (Fsp3) is 0.579. The van der Waals surface area contributed by atoms with Crippen molar-refractivity contribution in [3.63, 3.8) is 0 Å². The Morgan fingerprint density at radius 2 is 2.00 bits per heavy atom. The van der Waals surface area contributed by atoms with Crippen LogP contribution in [0.15, 0.2) is 30.3 Å². The Bertz CT molecular complexity index is 515. The van der Waals surface area contributed by atoms with Gasteiger partial charge in [-0.1, -0.05) is 69.9 Å². The molecule has 0 N–H and O–H groups in total. The second kappa shape index (κ2) is 8.70. The SMILES string of the molecule is CCCCCC[C@H](C)C(=O)N1C(=O)OC[C@@H]1Cc1ccccc1. The second-order valence-corrected chi connectivity index (χ2v) is 6.38. The third-order valence-electron chi connectivity index (χ3n) is 4.42. The van der Waals surface area contributed by atoms with Gasteiger partial charge in [0.25, 0.3) is 0 Å². The number of carbonyl (C=O) groups is 2. The van der Waals surface area contributed by atoms with Crippen molar-refractivity contribution >= 4 is 12.0 Å². The van der Waals surface area contributed by atoms with Gasteiger partial charge in [0.05, 0.1) is 6.04 Å². The molecule has 4 heteroatoms. The van der Waals surface area contributed by atoms with Crippen LogP contribution < -0.4 is 0 Å². The van der Waals surface area contributed by atoms with Crippen LogP contribution >= 0.6 is 0 Å². The highest BCUT2D eigenvalue weighted by Crippen LogP contribution is 2.22. The highest BCUT2D eigenvalue weighted by molar-refractivity contribution is 5.94. The lowest BCUT2D eigenvalue weighted by atomic mass is 9.99. The zero-order valence-corrected chi connectivity index (χ0v) is 14.2. The molecule has 0 saturated carbocycles. The number of hydrogen-bond acceptors (Lipinski definition) is 3. The average Bonchev–Trinajstić information content (AvgIpc) is 2.92. The third kappa shape index (κ3) is 4.81. The molecule has 0 radical (unpaired) electrons. The van der Waals surface area contributed by atoms with E-state index in [1.807, 2.05) is 37.3 Å². The van der Waals surface area contributed by atoms with Crippen molar-refractivity contribution in [1.82, 2.24) is 4.90 Å². The molecule has 1 heterocycles. The molecule has 2 amide bonds. The molecule has 1 saturated heterocycles. The molecule has 0 unspecified atom stereocenters. The fourth-order valence-electron chi connectivity index (χ4n) is 3.01. The van der Waals surface area contributed by atoms with E-state index in [1.54, 1.807) is 0 Å². The predicted molar refractivity (Wildman–Crippen MR) is 90.1 cm³/mol. The van der Waals surface area contributed by atoms with E-state index in [9.17, 15) is 9.59 Å². The Balaban J connectivity index is 1.94. The highest BCUT2D eigenvalue weighted by atomic mass is 16.6. The van der Waals surface area contributed by atoms with E-state index >= 15 is 0 Å². The molecule has 2 rings (SSSR count). The Morgan fingerprint density at radius 1 is 1.26 bits per heavy atom. The van der Waals surface area contributed by atoms with E-state index in [0.717, 1.165) is 24.8 Å². The summed E-state index contributed by atoms with van der Waals surface area (Å²) in [5.74, 6) is -0.222. The first kappa shape index (κ1) is 17.5. The van der Waals surface area contributed by atoms with Gasteiger partial charge in [-0.05, 0) is 18.4 Å². The van der Waals surface area contributed by atoms with Crippen molar-refractivity contribution in [2.24, 2.45) is 5.92 Å².